The van der Waals surface area contributed by atoms with Crippen molar-refractivity contribution in [2.45, 2.75) is 26.4 Å². The maximum Gasteiger partial charge on any atom is 0.471 e. The van der Waals surface area contributed by atoms with Gasteiger partial charge in [-0.3, -0.25) is 9.59 Å². The molecule has 0 saturated carbocycles. The number of halogens is 3. The minimum atomic E-state index is -4.88. The fourth-order valence-corrected chi connectivity index (χ4v) is 2.74. The molecule has 0 spiro atoms. The van der Waals surface area contributed by atoms with E-state index in [0.29, 0.717) is 18.7 Å². The van der Waals surface area contributed by atoms with Crippen LogP contribution in [0.1, 0.15) is 17.5 Å². The molecular weight excluding hydrogens is 337 g/mol. The van der Waals surface area contributed by atoms with Crippen LogP contribution in [0.5, 0.6) is 5.75 Å². The lowest BCUT2D eigenvalue weighted by atomic mass is 10.1. The molecule has 0 aliphatic carbocycles. The Bertz CT molecular complexity index is 647. The molecule has 0 unspecified atom stereocenters. The van der Waals surface area contributed by atoms with Gasteiger partial charge in [0.05, 0.1) is 0 Å². The fourth-order valence-electron chi connectivity index (χ4n) is 2.74. The molecule has 1 aliphatic heterocycles. The molecule has 0 N–H and O–H groups in total. The number of benzene rings is 1. The van der Waals surface area contributed by atoms with Crippen LogP contribution in [-0.4, -0.2) is 60.6 Å². The minimum Gasteiger partial charge on any atom is -0.484 e. The number of hydrogen-bond donors (Lipinski definition) is 0. The average Bonchev–Trinajstić information content (AvgIpc) is 2.78. The molecular formula is C17H21F3N2O3. The fraction of sp³-hybridized carbons (Fsp3) is 0.529. The second kappa shape index (κ2) is 7.76. The predicted octanol–water partition coefficient (Wildman–Crippen LogP) is 2.31. The monoisotopic (exact) mass is 358 g/mol. The Morgan fingerprint density at radius 1 is 1.08 bits per heavy atom. The van der Waals surface area contributed by atoms with Gasteiger partial charge in [-0.2, -0.15) is 13.2 Å². The van der Waals surface area contributed by atoms with Crippen molar-refractivity contribution in [3.63, 3.8) is 0 Å². The van der Waals surface area contributed by atoms with Gasteiger partial charge in [0.25, 0.3) is 5.91 Å². The Hall–Kier alpha value is -2.25. The molecule has 5 nitrogen and oxygen atoms in total. The molecule has 1 aromatic carbocycles. The molecule has 2 amide bonds. The van der Waals surface area contributed by atoms with Gasteiger partial charge in [0.15, 0.2) is 6.61 Å². The maximum atomic E-state index is 12.5. The highest BCUT2D eigenvalue weighted by Crippen LogP contribution is 2.20. The van der Waals surface area contributed by atoms with E-state index in [9.17, 15) is 22.8 Å². The van der Waals surface area contributed by atoms with Crippen LogP contribution in [0.2, 0.25) is 0 Å². The van der Waals surface area contributed by atoms with Crippen molar-refractivity contribution in [1.29, 1.82) is 0 Å². The summed E-state index contributed by atoms with van der Waals surface area (Å²) in [6, 6.07) is 5.59. The van der Waals surface area contributed by atoms with Crippen LogP contribution in [0.3, 0.4) is 0 Å². The second-order valence-electron chi connectivity index (χ2n) is 6.08. The SMILES string of the molecule is Cc1ccc(OCC(=O)N2CCCN(C(=O)C(F)(F)F)CC2)c(C)c1. The first-order valence-corrected chi connectivity index (χ1v) is 8.02. The first-order valence-electron chi connectivity index (χ1n) is 8.02. The van der Waals surface area contributed by atoms with Gasteiger partial charge in [0.2, 0.25) is 0 Å². The summed E-state index contributed by atoms with van der Waals surface area (Å²) in [7, 11) is 0. The molecule has 138 valence electrons. The Morgan fingerprint density at radius 2 is 1.72 bits per heavy atom. The van der Waals surface area contributed by atoms with E-state index in [2.05, 4.69) is 0 Å². The second-order valence-corrected chi connectivity index (χ2v) is 6.08. The zero-order valence-corrected chi connectivity index (χ0v) is 14.2. The number of aryl methyl sites for hydroxylation is 2. The van der Waals surface area contributed by atoms with Gasteiger partial charge in [-0.15, -0.1) is 0 Å². The van der Waals surface area contributed by atoms with Gasteiger partial charge in [0.1, 0.15) is 5.75 Å². The first-order chi connectivity index (χ1) is 11.7. The molecule has 25 heavy (non-hydrogen) atoms. The van der Waals surface area contributed by atoms with Crippen LogP contribution in [0.25, 0.3) is 0 Å². The third-order valence-corrected chi connectivity index (χ3v) is 4.06. The summed E-state index contributed by atoms with van der Waals surface area (Å²) in [5.41, 5.74) is 1.99. The van der Waals surface area contributed by atoms with Gasteiger partial charge in [-0.1, -0.05) is 17.7 Å². The molecule has 1 heterocycles. The molecule has 2 rings (SSSR count). The Labute approximate surface area is 144 Å². The van der Waals surface area contributed by atoms with E-state index in [1.807, 2.05) is 26.0 Å². The van der Waals surface area contributed by atoms with Crippen LogP contribution in [0.15, 0.2) is 18.2 Å². The Kier molecular flexibility index (Phi) is 5.92. The Morgan fingerprint density at radius 3 is 2.36 bits per heavy atom. The molecule has 1 saturated heterocycles. The summed E-state index contributed by atoms with van der Waals surface area (Å²) >= 11 is 0. The third kappa shape index (κ3) is 5.11. The van der Waals surface area contributed by atoms with Gasteiger partial charge in [0, 0.05) is 26.2 Å². The largest absolute Gasteiger partial charge is 0.484 e. The van der Waals surface area contributed by atoms with Gasteiger partial charge < -0.3 is 14.5 Å². The van der Waals surface area contributed by atoms with Gasteiger partial charge >= 0.3 is 12.1 Å². The number of alkyl halides is 3. The summed E-state index contributed by atoms with van der Waals surface area (Å²) in [6.07, 6.45) is -4.58. The highest BCUT2D eigenvalue weighted by Gasteiger charge is 2.42. The minimum absolute atomic E-state index is 0.0138. The summed E-state index contributed by atoms with van der Waals surface area (Å²) in [4.78, 5) is 25.7. The molecule has 0 radical (unpaired) electrons. The van der Waals surface area contributed by atoms with Crippen molar-refractivity contribution in [1.82, 2.24) is 9.80 Å². The molecule has 0 aromatic heterocycles. The molecule has 1 aliphatic rings. The van der Waals surface area contributed by atoms with Crippen LogP contribution >= 0.6 is 0 Å². The van der Waals surface area contributed by atoms with Crippen molar-refractivity contribution in [3.8, 4) is 5.75 Å². The lowest BCUT2D eigenvalue weighted by Gasteiger charge is -2.23. The van der Waals surface area contributed by atoms with Crippen molar-refractivity contribution in [2.24, 2.45) is 0 Å². The quantitative estimate of drug-likeness (QED) is 0.833. The topological polar surface area (TPSA) is 49.9 Å². The molecule has 8 heteroatoms. The summed E-state index contributed by atoms with van der Waals surface area (Å²) in [5.74, 6) is -1.56. The number of carbonyl (C=O) groups excluding carboxylic acids is 2. The summed E-state index contributed by atoms with van der Waals surface area (Å²) in [6.45, 7) is 3.87. The zero-order valence-electron chi connectivity index (χ0n) is 14.2. The normalized spacial score (nSPS) is 15.7. The van der Waals surface area contributed by atoms with E-state index in [-0.39, 0.29) is 32.1 Å². The van der Waals surface area contributed by atoms with Crippen LogP contribution in [0.4, 0.5) is 13.2 Å². The highest BCUT2D eigenvalue weighted by atomic mass is 19.4. The van der Waals surface area contributed by atoms with Crippen molar-refractivity contribution in [2.75, 3.05) is 32.8 Å². The van der Waals surface area contributed by atoms with Crippen LogP contribution in [0, 0.1) is 13.8 Å². The molecule has 0 bridgehead atoms. The summed E-state index contributed by atoms with van der Waals surface area (Å²) < 4.78 is 43.0. The number of ether oxygens (including phenoxy) is 1. The first kappa shape index (κ1) is 19.1. The van der Waals surface area contributed by atoms with E-state index < -0.39 is 12.1 Å². The third-order valence-electron chi connectivity index (χ3n) is 4.06. The smallest absolute Gasteiger partial charge is 0.471 e. The van der Waals surface area contributed by atoms with Crippen molar-refractivity contribution < 1.29 is 27.5 Å². The van der Waals surface area contributed by atoms with Crippen molar-refractivity contribution >= 4 is 11.8 Å². The van der Waals surface area contributed by atoms with Crippen LogP contribution in [-0.2, 0) is 9.59 Å². The van der Waals surface area contributed by atoms with E-state index in [4.69, 9.17) is 4.74 Å². The average molecular weight is 358 g/mol. The number of nitrogens with zero attached hydrogens (tertiary/aromatic N) is 2. The standard InChI is InChI=1S/C17H21F3N2O3/c1-12-4-5-14(13(2)10-12)25-11-15(23)21-6-3-7-22(9-8-21)16(24)17(18,19)20/h4-5,10H,3,6-9,11H2,1-2H3. The van der Waals surface area contributed by atoms with Crippen LogP contribution < -0.4 is 4.74 Å². The Balaban J connectivity index is 1.89. The molecule has 1 aromatic rings. The van der Waals surface area contributed by atoms with Gasteiger partial charge in [-0.05, 0) is 31.9 Å². The summed E-state index contributed by atoms with van der Waals surface area (Å²) in [5, 5.41) is 0. The number of amides is 2. The van der Waals surface area contributed by atoms with E-state index >= 15 is 0 Å². The van der Waals surface area contributed by atoms with E-state index in [1.165, 1.54) is 4.90 Å². The zero-order chi connectivity index (χ0) is 18.6. The van der Waals surface area contributed by atoms with Crippen molar-refractivity contribution in [3.05, 3.63) is 29.3 Å². The van der Waals surface area contributed by atoms with Gasteiger partial charge in [-0.25, -0.2) is 0 Å². The molecule has 0 atom stereocenters. The maximum absolute atomic E-state index is 12.5. The number of carbonyl (C=O) groups is 2. The van der Waals surface area contributed by atoms with E-state index in [0.717, 1.165) is 16.0 Å². The van der Waals surface area contributed by atoms with E-state index in [1.54, 1.807) is 6.07 Å². The predicted molar refractivity (Wildman–Crippen MR) is 85.2 cm³/mol. The highest BCUT2D eigenvalue weighted by molar-refractivity contribution is 5.82. The lowest BCUT2D eigenvalue weighted by molar-refractivity contribution is -0.185. The number of rotatable bonds is 3. The number of hydrogen-bond acceptors (Lipinski definition) is 3. The molecule has 1 fully saturated rings. The lowest BCUT2D eigenvalue weighted by Crippen LogP contribution is -2.44.